The van der Waals surface area contributed by atoms with Crippen LogP contribution in [0.2, 0.25) is 0 Å². The van der Waals surface area contributed by atoms with Crippen LogP contribution in [0.4, 0.5) is 0 Å². The van der Waals surface area contributed by atoms with E-state index in [2.05, 4.69) is 24.5 Å². The summed E-state index contributed by atoms with van der Waals surface area (Å²) < 4.78 is 2.06. The molecule has 0 fully saturated rings. The van der Waals surface area contributed by atoms with Crippen molar-refractivity contribution in [1.29, 1.82) is 0 Å². The summed E-state index contributed by atoms with van der Waals surface area (Å²) >= 11 is 0. The number of benzene rings is 1. The Balaban J connectivity index is 2.81. The van der Waals surface area contributed by atoms with E-state index in [-0.39, 0.29) is 5.78 Å². The van der Waals surface area contributed by atoms with Crippen LogP contribution in [-0.4, -0.2) is 10.4 Å². The lowest BCUT2D eigenvalue weighted by Gasteiger charge is -2.09. The van der Waals surface area contributed by atoms with Gasteiger partial charge in [0.15, 0.2) is 5.78 Å². The highest BCUT2D eigenvalue weighted by molar-refractivity contribution is 6.06. The van der Waals surface area contributed by atoms with Crippen molar-refractivity contribution in [3.63, 3.8) is 0 Å². The van der Waals surface area contributed by atoms with Gasteiger partial charge in [-0.15, -0.1) is 0 Å². The maximum absolute atomic E-state index is 11.6. The highest BCUT2D eigenvalue weighted by Gasteiger charge is 2.11. The zero-order valence-electron chi connectivity index (χ0n) is 10.2. The highest BCUT2D eigenvalue weighted by Crippen LogP contribution is 2.26. The summed E-state index contributed by atoms with van der Waals surface area (Å²) in [5.41, 5.74) is 3.19. The van der Waals surface area contributed by atoms with Gasteiger partial charge in [0.1, 0.15) is 0 Å². The van der Waals surface area contributed by atoms with E-state index in [4.69, 9.17) is 0 Å². The van der Waals surface area contributed by atoms with Crippen molar-refractivity contribution in [3.05, 3.63) is 35.5 Å². The fourth-order valence-electron chi connectivity index (χ4n) is 2.02. The predicted molar refractivity (Wildman–Crippen MR) is 67.0 cm³/mol. The van der Waals surface area contributed by atoms with Crippen LogP contribution in [0.1, 0.15) is 42.6 Å². The maximum atomic E-state index is 11.6. The molecule has 0 aliphatic carbocycles. The van der Waals surface area contributed by atoms with Crippen LogP contribution in [0.15, 0.2) is 24.4 Å². The molecule has 0 unspecified atom stereocenters. The second-order valence-electron chi connectivity index (χ2n) is 4.64. The van der Waals surface area contributed by atoms with E-state index in [1.165, 1.54) is 5.56 Å². The van der Waals surface area contributed by atoms with Crippen molar-refractivity contribution >= 4 is 16.7 Å². The summed E-state index contributed by atoms with van der Waals surface area (Å²) in [6.07, 6.45) is 2.00. The summed E-state index contributed by atoms with van der Waals surface area (Å²) in [5, 5.41) is 1.06. The zero-order chi connectivity index (χ0) is 11.9. The molecule has 0 aliphatic rings. The molecule has 0 amide bonds. The van der Waals surface area contributed by atoms with Crippen LogP contribution >= 0.6 is 0 Å². The number of aromatic nitrogens is 1. The number of hydrogen-bond acceptors (Lipinski definition) is 1. The molecule has 0 aliphatic heterocycles. The summed E-state index contributed by atoms with van der Waals surface area (Å²) in [7, 11) is 2.01. The quantitative estimate of drug-likeness (QED) is 0.703. The Kier molecular flexibility index (Phi) is 2.58. The smallest absolute Gasteiger partial charge is 0.160 e. The van der Waals surface area contributed by atoms with Gasteiger partial charge in [0, 0.05) is 29.7 Å². The fourth-order valence-corrected chi connectivity index (χ4v) is 2.02. The van der Waals surface area contributed by atoms with Gasteiger partial charge in [0.2, 0.25) is 0 Å². The van der Waals surface area contributed by atoms with Crippen LogP contribution < -0.4 is 0 Å². The lowest BCUT2D eigenvalue weighted by molar-refractivity contribution is 0.101. The average Bonchev–Trinajstić information content (AvgIpc) is 2.59. The van der Waals surface area contributed by atoms with Gasteiger partial charge >= 0.3 is 0 Å². The van der Waals surface area contributed by atoms with Crippen LogP contribution in [0.3, 0.4) is 0 Å². The van der Waals surface area contributed by atoms with Crippen molar-refractivity contribution in [2.24, 2.45) is 7.05 Å². The van der Waals surface area contributed by atoms with E-state index in [1.54, 1.807) is 6.92 Å². The highest BCUT2D eigenvalue weighted by atomic mass is 16.1. The van der Waals surface area contributed by atoms with E-state index < -0.39 is 0 Å². The lowest BCUT2D eigenvalue weighted by atomic mass is 9.97. The second kappa shape index (κ2) is 3.78. The van der Waals surface area contributed by atoms with E-state index in [0.29, 0.717) is 5.92 Å². The molecule has 1 aromatic carbocycles. The molecule has 0 atom stereocenters. The largest absolute Gasteiger partial charge is 0.351 e. The van der Waals surface area contributed by atoms with Crippen LogP contribution in [0.25, 0.3) is 10.9 Å². The monoisotopic (exact) mass is 215 g/mol. The van der Waals surface area contributed by atoms with Crippen LogP contribution in [0.5, 0.6) is 0 Å². The Bertz CT molecular complexity index is 549. The van der Waals surface area contributed by atoms with Gasteiger partial charge in [-0.05, 0) is 36.6 Å². The molecule has 16 heavy (non-hydrogen) atoms. The van der Waals surface area contributed by atoms with E-state index in [9.17, 15) is 4.79 Å². The normalized spacial score (nSPS) is 11.3. The Labute approximate surface area is 95.9 Å². The Morgan fingerprint density at radius 2 is 2.00 bits per heavy atom. The lowest BCUT2D eigenvalue weighted by Crippen LogP contribution is -1.98. The standard InChI is InChI=1S/C14H17NO/c1-9(2)11-7-13(10(3)16)12-5-6-15(4)14(12)8-11/h5-9H,1-4H3. The first kappa shape index (κ1) is 10.9. The molecule has 2 aromatic rings. The number of ketones is 1. The number of nitrogens with zero attached hydrogens (tertiary/aromatic N) is 1. The molecule has 2 heteroatoms. The topological polar surface area (TPSA) is 22.0 Å². The van der Waals surface area contributed by atoms with E-state index in [0.717, 1.165) is 16.5 Å². The molecule has 0 saturated heterocycles. The molecule has 0 spiro atoms. The first-order valence-corrected chi connectivity index (χ1v) is 5.60. The number of carbonyl (C=O) groups excluding carboxylic acids is 1. The number of fused-ring (bicyclic) bond motifs is 1. The number of rotatable bonds is 2. The van der Waals surface area contributed by atoms with Gasteiger partial charge in [-0.3, -0.25) is 4.79 Å². The van der Waals surface area contributed by atoms with Gasteiger partial charge in [-0.1, -0.05) is 13.8 Å². The minimum absolute atomic E-state index is 0.138. The molecule has 1 heterocycles. The number of hydrogen-bond donors (Lipinski definition) is 0. The fraction of sp³-hybridized carbons (Fsp3) is 0.357. The predicted octanol–water partition coefficient (Wildman–Crippen LogP) is 3.50. The van der Waals surface area contributed by atoms with Gasteiger partial charge < -0.3 is 4.57 Å². The molecule has 0 N–H and O–H groups in total. The zero-order valence-corrected chi connectivity index (χ0v) is 10.2. The van der Waals surface area contributed by atoms with Crippen LogP contribution in [-0.2, 0) is 7.05 Å². The van der Waals surface area contributed by atoms with Gasteiger partial charge in [-0.25, -0.2) is 0 Å². The number of Topliss-reactive ketones (excluding diaryl/α,β-unsaturated/α-hetero) is 1. The van der Waals surface area contributed by atoms with Crippen molar-refractivity contribution in [3.8, 4) is 0 Å². The number of carbonyl (C=O) groups is 1. The first-order chi connectivity index (χ1) is 7.50. The second-order valence-corrected chi connectivity index (χ2v) is 4.64. The van der Waals surface area contributed by atoms with Crippen molar-refractivity contribution in [1.82, 2.24) is 4.57 Å². The summed E-state index contributed by atoms with van der Waals surface area (Å²) in [6.45, 7) is 5.92. The molecular weight excluding hydrogens is 198 g/mol. The van der Waals surface area contributed by atoms with Crippen molar-refractivity contribution < 1.29 is 4.79 Å². The van der Waals surface area contributed by atoms with Crippen molar-refractivity contribution in [2.45, 2.75) is 26.7 Å². The molecule has 2 nitrogen and oxygen atoms in total. The van der Waals surface area contributed by atoms with Gasteiger partial charge in [0.25, 0.3) is 0 Å². The first-order valence-electron chi connectivity index (χ1n) is 5.60. The molecule has 2 rings (SSSR count). The SMILES string of the molecule is CC(=O)c1cc(C(C)C)cc2c1ccn2C. The molecule has 0 saturated carbocycles. The van der Waals surface area contributed by atoms with E-state index >= 15 is 0 Å². The minimum atomic E-state index is 0.138. The van der Waals surface area contributed by atoms with Crippen LogP contribution in [0, 0.1) is 0 Å². The Morgan fingerprint density at radius 1 is 1.31 bits per heavy atom. The van der Waals surface area contributed by atoms with Gasteiger partial charge in [-0.2, -0.15) is 0 Å². The average molecular weight is 215 g/mol. The third-order valence-corrected chi connectivity index (χ3v) is 3.07. The molecule has 0 bridgehead atoms. The molecule has 0 radical (unpaired) electrons. The molecular formula is C14H17NO. The third kappa shape index (κ3) is 1.64. The summed E-state index contributed by atoms with van der Waals surface area (Å²) in [4.78, 5) is 11.6. The summed E-state index contributed by atoms with van der Waals surface area (Å²) in [5.74, 6) is 0.580. The maximum Gasteiger partial charge on any atom is 0.160 e. The molecule has 1 aromatic heterocycles. The van der Waals surface area contributed by atoms with Crippen molar-refractivity contribution in [2.75, 3.05) is 0 Å². The minimum Gasteiger partial charge on any atom is -0.351 e. The Morgan fingerprint density at radius 3 is 2.56 bits per heavy atom. The number of aryl methyl sites for hydroxylation is 1. The Hall–Kier alpha value is -1.57. The van der Waals surface area contributed by atoms with Gasteiger partial charge in [0.05, 0.1) is 0 Å². The third-order valence-electron chi connectivity index (χ3n) is 3.07. The summed E-state index contributed by atoms with van der Waals surface area (Å²) in [6, 6.07) is 6.21. The molecule has 84 valence electrons. The van der Waals surface area contributed by atoms with E-state index in [1.807, 2.05) is 25.4 Å².